The number of likely N-dealkylation sites (N-methyl/N-ethyl adjacent to an activating group) is 1. The number of aromatic nitrogens is 2. The van der Waals surface area contributed by atoms with Gasteiger partial charge in [0.15, 0.2) is 5.95 Å². The van der Waals surface area contributed by atoms with Gasteiger partial charge in [0.1, 0.15) is 6.29 Å². The van der Waals surface area contributed by atoms with Gasteiger partial charge in [-0.3, -0.25) is 4.79 Å². The van der Waals surface area contributed by atoms with Gasteiger partial charge in [0.05, 0.1) is 6.20 Å². The molecule has 0 bridgehead atoms. The van der Waals surface area contributed by atoms with Crippen LogP contribution < -0.4 is 22.6 Å². The number of fused-ring (bicyclic) bond motifs is 1. The molecule has 8 nitrogen and oxygen atoms in total. The molecular formula is C24H35N7O. The summed E-state index contributed by atoms with van der Waals surface area (Å²) in [5.74, 6) is 6.27. The molecule has 0 aliphatic rings. The van der Waals surface area contributed by atoms with E-state index in [1.807, 2.05) is 55.7 Å². The highest BCUT2D eigenvalue weighted by Gasteiger charge is 1.99. The number of rotatable bonds is 11. The van der Waals surface area contributed by atoms with Crippen LogP contribution in [-0.4, -0.2) is 41.4 Å². The molecule has 1 heterocycles. The Bertz CT molecular complexity index is 983. The molecule has 3 rings (SSSR count). The molecule has 0 unspecified atom stereocenters. The van der Waals surface area contributed by atoms with Gasteiger partial charge in [0.2, 0.25) is 0 Å². The average Bonchev–Trinajstić information content (AvgIpc) is 3.22. The van der Waals surface area contributed by atoms with Crippen molar-refractivity contribution in [2.45, 2.75) is 32.1 Å². The van der Waals surface area contributed by atoms with E-state index in [1.54, 1.807) is 11.2 Å². The van der Waals surface area contributed by atoms with Crippen LogP contribution in [0.3, 0.4) is 0 Å². The summed E-state index contributed by atoms with van der Waals surface area (Å²) < 4.78 is 0. The maximum Gasteiger partial charge on any atom is 0.197 e. The van der Waals surface area contributed by atoms with E-state index in [-0.39, 0.29) is 0 Å². The van der Waals surface area contributed by atoms with Gasteiger partial charge >= 0.3 is 0 Å². The number of aldehydes is 1. The summed E-state index contributed by atoms with van der Waals surface area (Å²) in [6, 6.07) is 13.7. The lowest BCUT2D eigenvalue weighted by Gasteiger charge is -2.14. The topological polar surface area (TPSA) is 139 Å². The van der Waals surface area contributed by atoms with Crippen LogP contribution in [0.25, 0.3) is 10.8 Å². The summed E-state index contributed by atoms with van der Waals surface area (Å²) >= 11 is 0. The van der Waals surface area contributed by atoms with E-state index in [4.69, 9.17) is 17.3 Å². The molecule has 0 aliphatic heterocycles. The Morgan fingerprint density at radius 2 is 1.94 bits per heavy atom. The second-order valence-electron chi connectivity index (χ2n) is 7.62. The number of hydrazine groups is 1. The minimum absolute atomic E-state index is 0.483. The highest BCUT2D eigenvalue weighted by atomic mass is 16.1. The van der Waals surface area contributed by atoms with E-state index in [0.717, 1.165) is 73.8 Å². The number of unbranched alkanes of at least 4 members (excludes halogenated alkanes) is 2. The third-order valence-electron chi connectivity index (χ3n) is 4.92. The number of aryl methyl sites for hydroxylation is 1. The van der Waals surface area contributed by atoms with Crippen LogP contribution in [0.5, 0.6) is 0 Å². The van der Waals surface area contributed by atoms with Crippen molar-refractivity contribution in [1.29, 1.82) is 0 Å². The maximum atomic E-state index is 10.5. The smallest absolute Gasteiger partial charge is 0.197 e. The lowest BCUT2D eigenvalue weighted by atomic mass is 10.1. The van der Waals surface area contributed by atoms with Crippen molar-refractivity contribution >= 4 is 23.0 Å². The normalized spacial score (nSPS) is 11.1. The number of nitrogens with one attached hydrogen (secondary N) is 2. The van der Waals surface area contributed by atoms with E-state index in [2.05, 4.69) is 15.3 Å². The van der Waals surface area contributed by atoms with Crippen molar-refractivity contribution in [3.63, 3.8) is 0 Å². The minimum Gasteiger partial charge on any atom is -0.401 e. The van der Waals surface area contributed by atoms with Gasteiger partial charge in [0, 0.05) is 36.2 Å². The number of nitrogens with two attached hydrogens (primary N) is 3. The number of carbonyl (C=O) groups excluding carboxylic acids is 1. The highest BCUT2D eigenvalue weighted by Crippen LogP contribution is 2.14. The van der Waals surface area contributed by atoms with Crippen molar-refractivity contribution in [3.8, 4) is 0 Å². The second kappa shape index (κ2) is 13.8. The van der Waals surface area contributed by atoms with Crippen LogP contribution in [0.2, 0.25) is 0 Å². The van der Waals surface area contributed by atoms with E-state index in [0.29, 0.717) is 5.95 Å². The van der Waals surface area contributed by atoms with Gasteiger partial charge in [-0.15, -0.1) is 0 Å². The van der Waals surface area contributed by atoms with Gasteiger partial charge in [-0.05, 0) is 49.6 Å². The minimum atomic E-state index is 0.483. The lowest BCUT2D eigenvalue weighted by molar-refractivity contribution is 0.112. The molecule has 32 heavy (non-hydrogen) atoms. The first-order valence-electron chi connectivity index (χ1n) is 10.9. The first-order chi connectivity index (χ1) is 15.5. The Labute approximate surface area is 189 Å². The number of carbonyl (C=O) groups is 1. The largest absolute Gasteiger partial charge is 0.401 e. The molecule has 8 heteroatoms. The van der Waals surface area contributed by atoms with Crippen LogP contribution in [0.4, 0.5) is 5.95 Å². The number of nitrogen functional groups attached to an aromatic ring is 1. The Balaban J connectivity index is 0.000000255. The molecule has 172 valence electrons. The molecule has 0 aliphatic carbocycles. The fourth-order valence-electron chi connectivity index (χ4n) is 3.19. The monoisotopic (exact) mass is 437 g/mol. The standard InChI is InChI=1S/C13H27N7.C11H8O/c1-17-7-8-20(16)10-11(14)5-3-2-4-6-12-9-18-13(15)19-12;12-8-9-5-6-10-3-1-2-4-11(10)7-9/h9-10,17H,2-8,14,16H2,1H3,(H3,15,18,19);1-8H/b11-10-;. The number of aromatic amines is 1. The summed E-state index contributed by atoms with van der Waals surface area (Å²) in [6.45, 7) is 1.59. The molecule has 0 radical (unpaired) electrons. The number of benzene rings is 2. The number of anilines is 1. The van der Waals surface area contributed by atoms with Crippen LogP contribution in [0.1, 0.15) is 41.7 Å². The Hall–Kier alpha value is -3.36. The summed E-state index contributed by atoms with van der Waals surface area (Å²) in [5, 5.41) is 6.95. The second-order valence-corrected chi connectivity index (χ2v) is 7.62. The zero-order valence-electron chi connectivity index (χ0n) is 18.8. The average molecular weight is 438 g/mol. The third-order valence-corrected chi connectivity index (χ3v) is 4.92. The Morgan fingerprint density at radius 3 is 2.62 bits per heavy atom. The van der Waals surface area contributed by atoms with Crippen molar-refractivity contribution in [1.82, 2.24) is 20.3 Å². The molecule has 0 atom stereocenters. The fourth-order valence-corrected chi connectivity index (χ4v) is 3.19. The van der Waals surface area contributed by atoms with E-state index in [9.17, 15) is 4.79 Å². The molecule has 3 aromatic rings. The molecular weight excluding hydrogens is 402 g/mol. The predicted molar refractivity (Wildman–Crippen MR) is 132 cm³/mol. The summed E-state index contributed by atoms with van der Waals surface area (Å²) in [6.07, 6.45) is 9.59. The quantitative estimate of drug-likeness (QED) is 0.134. The van der Waals surface area contributed by atoms with Crippen LogP contribution in [0, 0.1) is 0 Å². The maximum absolute atomic E-state index is 10.5. The first-order valence-corrected chi connectivity index (χ1v) is 10.9. The van der Waals surface area contributed by atoms with Gasteiger partial charge < -0.3 is 26.8 Å². The van der Waals surface area contributed by atoms with Gasteiger partial charge in [0.25, 0.3) is 0 Å². The van der Waals surface area contributed by atoms with E-state index >= 15 is 0 Å². The summed E-state index contributed by atoms with van der Waals surface area (Å²) in [4.78, 5) is 17.4. The molecule has 8 N–H and O–H groups in total. The Morgan fingerprint density at radius 1 is 1.16 bits per heavy atom. The van der Waals surface area contributed by atoms with Crippen LogP contribution in [0.15, 0.2) is 60.6 Å². The zero-order valence-corrected chi connectivity index (χ0v) is 18.8. The number of imidazole rings is 1. The molecule has 1 aromatic heterocycles. The Kier molecular flexibility index (Phi) is 10.8. The molecule has 2 aromatic carbocycles. The molecule has 0 spiro atoms. The summed E-state index contributed by atoms with van der Waals surface area (Å²) in [7, 11) is 1.90. The molecule has 0 saturated heterocycles. The number of hydrogen-bond acceptors (Lipinski definition) is 7. The third kappa shape index (κ3) is 9.20. The number of hydrogen-bond donors (Lipinski definition) is 5. The molecule has 0 amide bonds. The zero-order chi connectivity index (χ0) is 23.2. The summed E-state index contributed by atoms with van der Waals surface area (Å²) in [5.41, 5.74) is 14.1. The number of allylic oxidation sites excluding steroid dienone is 1. The van der Waals surface area contributed by atoms with Crippen LogP contribution in [-0.2, 0) is 6.42 Å². The lowest BCUT2D eigenvalue weighted by Crippen LogP contribution is -2.32. The van der Waals surface area contributed by atoms with E-state index in [1.165, 1.54) is 5.39 Å². The van der Waals surface area contributed by atoms with Crippen molar-refractivity contribution in [2.24, 2.45) is 11.6 Å². The SMILES string of the molecule is CNCCN(N)/C=C(\N)CCCCCc1cnc(N)[nH]1.O=Cc1ccc2ccccc2c1. The van der Waals surface area contributed by atoms with E-state index < -0.39 is 0 Å². The molecule has 0 saturated carbocycles. The van der Waals surface area contributed by atoms with Crippen molar-refractivity contribution in [2.75, 3.05) is 25.9 Å². The first kappa shape index (κ1) is 24.9. The van der Waals surface area contributed by atoms with Gasteiger partial charge in [-0.1, -0.05) is 42.8 Å². The number of H-pyrrole nitrogens is 1. The highest BCUT2D eigenvalue weighted by molar-refractivity contribution is 5.88. The predicted octanol–water partition coefficient (Wildman–Crippen LogP) is 2.94. The van der Waals surface area contributed by atoms with Crippen molar-refractivity contribution in [3.05, 3.63) is 71.8 Å². The van der Waals surface area contributed by atoms with Crippen LogP contribution >= 0.6 is 0 Å². The van der Waals surface area contributed by atoms with Crippen molar-refractivity contribution < 1.29 is 4.79 Å². The fraction of sp³-hybridized carbons (Fsp3) is 0.333. The van der Waals surface area contributed by atoms with Gasteiger partial charge in [-0.25, -0.2) is 10.8 Å². The molecule has 0 fully saturated rings. The number of nitrogens with zero attached hydrogens (tertiary/aromatic N) is 2. The van der Waals surface area contributed by atoms with Gasteiger partial charge in [-0.2, -0.15) is 0 Å².